The van der Waals surface area contributed by atoms with Crippen LogP contribution in [0.3, 0.4) is 0 Å². The van der Waals surface area contributed by atoms with Crippen molar-refractivity contribution in [3.8, 4) is 12.1 Å². The molecule has 0 aliphatic rings. The summed E-state index contributed by atoms with van der Waals surface area (Å²) in [5.74, 6) is 0. The predicted molar refractivity (Wildman–Crippen MR) is 376 cm³/mol. The van der Waals surface area contributed by atoms with E-state index in [0.29, 0.717) is 11.1 Å². The number of hydrogen-bond donors (Lipinski definition) is 0. The molecule has 26 heteroatoms. The molecule has 20 nitrogen and oxygen atoms in total. The standard InChI is InChI=1S/2C18H15P.2C9H10BN6.2C7H5N.2N3.2Ru/c2*1-4-10-16(11-5-1)19(17-12-6-2-7-13-17)18-14-8-3-9-15-18;2*1-4-11-14(7-1)10(15-8-2-5-12-15)16-9-3-6-13-16;2*8-6-7-4-2-1-3-5-7;2*1-3-2;;/h2*1-15H;2*1-10H;2*1-5H;;;;/q;;2*-1;;;2*-1;2*+2/p+2. The Bertz CT molecular complexity index is 3660. The van der Waals surface area contributed by atoms with Crippen LogP contribution < -0.4 is 31.8 Å². The van der Waals surface area contributed by atoms with Crippen LogP contribution in [-0.4, -0.2) is 72.4 Å². The van der Waals surface area contributed by atoms with E-state index in [1.54, 1.807) is 61.4 Å². The molecule has 0 fully saturated rings. The van der Waals surface area contributed by atoms with Crippen LogP contribution in [0.25, 0.3) is 31.9 Å². The Morgan fingerprint density at radius 2 is 0.415 bits per heavy atom. The molecule has 0 spiro atoms. The minimum Gasteiger partial charge on any atom is -0.403 e. The molecule has 0 bridgehead atoms. The summed E-state index contributed by atoms with van der Waals surface area (Å²) < 4.78 is 11.2. The number of nitrogens with zero attached hydrogens (tertiary/aromatic N) is 20. The molecule has 6 heterocycles. The molecule has 14 rings (SSSR count). The third-order valence-electron chi connectivity index (χ3n) is 13.3. The average Bonchev–Trinajstić information content (AvgIpc) is 1.34. The molecule has 0 aliphatic heterocycles. The normalized spacial score (nSPS) is 9.55. The zero-order valence-corrected chi connectivity index (χ0v) is 56.0. The molecule has 14 aromatic rings. The molecule has 0 saturated heterocycles. The van der Waals surface area contributed by atoms with Crippen molar-refractivity contribution >= 4 is 61.9 Å². The van der Waals surface area contributed by atoms with E-state index in [9.17, 15) is 0 Å². The van der Waals surface area contributed by atoms with Gasteiger partial charge in [0.2, 0.25) is 0 Å². The van der Waals surface area contributed by atoms with Gasteiger partial charge in [0, 0.05) is 37.2 Å². The molecule has 0 aliphatic carbocycles. The van der Waals surface area contributed by atoms with Gasteiger partial charge in [-0.1, -0.05) is 146 Å². The van der Waals surface area contributed by atoms with Crippen molar-refractivity contribution in [1.29, 1.82) is 10.5 Å². The predicted octanol–water partition coefficient (Wildman–Crippen LogP) is 11.1. The second-order valence-electron chi connectivity index (χ2n) is 19.2. The van der Waals surface area contributed by atoms with Crippen LogP contribution in [0.15, 0.2) is 353 Å². The SMILES string of the molecule is N#Cc1ccccc1.N#Cc1ccccc1.[N-]=[N+]=[N-].[N-]=[N+]=[N-].[Ru+2].[Ru+2].c1ccc([PH+](c2ccccc2)c2ccccc2)cc1.c1ccc([PH+](c2ccccc2)c2ccccc2)cc1.c1cnn([BH-](n2cccn2)n2cccn2)c1.c1cnn([BH-](n2cccn2)n2cccn2)c1. The van der Waals surface area contributed by atoms with Crippen molar-refractivity contribution < 1.29 is 39.0 Å². The zero-order valence-electron chi connectivity index (χ0n) is 50.6. The zero-order chi connectivity index (χ0) is 64.5. The Labute approximate surface area is 574 Å². The Kier molecular flexibility index (Phi) is 34.1. The van der Waals surface area contributed by atoms with E-state index in [2.05, 4.69) is 213 Å². The van der Waals surface area contributed by atoms with Crippen molar-refractivity contribution in [2.24, 2.45) is 0 Å². The molecule has 0 atom stereocenters. The fourth-order valence-electron chi connectivity index (χ4n) is 9.35. The number of benzene rings is 8. The van der Waals surface area contributed by atoms with Crippen molar-refractivity contribution in [3.63, 3.8) is 0 Å². The molecule has 0 N–H and O–H groups in total. The van der Waals surface area contributed by atoms with Gasteiger partial charge in [0.15, 0.2) is 0 Å². The quantitative estimate of drug-likeness (QED) is 0.0372. The van der Waals surface area contributed by atoms with Gasteiger partial charge in [-0.25, -0.2) is 30.6 Å². The van der Waals surface area contributed by atoms with Gasteiger partial charge in [0.1, 0.15) is 31.8 Å². The van der Waals surface area contributed by atoms with Gasteiger partial charge in [0.05, 0.1) is 39.1 Å². The third kappa shape index (κ3) is 23.9. The molecule has 94 heavy (non-hydrogen) atoms. The van der Waals surface area contributed by atoms with Gasteiger partial charge in [-0.3, -0.25) is 9.82 Å². The second-order valence-corrected chi connectivity index (χ2v) is 24.2. The summed E-state index contributed by atoms with van der Waals surface area (Å²) in [5.41, 5.74) is 28.4. The average molecular weight is 1450 g/mol. The minimum absolute atomic E-state index is 0. The first kappa shape index (κ1) is 73.6. The summed E-state index contributed by atoms with van der Waals surface area (Å²) in [6, 6.07) is 98.7. The molecule has 0 saturated carbocycles. The van der Waals surface area contributed by atoms with Gasteiger partial charge >= 0.3 is 53.2 Å². The molecule has 464 valence electrons. The van der Waals surface area contributed by atoms with Crippen LogP contribution in [0, 0.1) is 22.7 Å². The number of rotatable bonds is 12. The maximum absolute atomic E-state index is 8.29. The summed E-state index contributed by atoms with van der Waals surface area (Å²) in [7, 11) is -4.00. The van der Waals surface area contributed by atoms with E-state index >= 15 is 0 Å². The van der Waals surface area contributed by atoms with Gasteiger partial charge < -0.3 is 49.7 Å². The van der Waals surface area contributed by atoms with Crippen LogP contribution in [-0.2, 0) is 39.0 Å². The van der Waals surface area contributed by atoms with Gasteiger partial charge in [-0.05, 0) is 171 Å². The van der Waals surface area contributed by atoms with E-state index < -0.39 is 30.1 Å². The maximum Gasteiger partial charge on any atom is 2.00 e. The van der Waals surface area contributed by atoms with E-state index in [0.717, 1.165) is 0 Å². The maximum atomic E-state index is 8.29. The Morgan fingerprint density at radius 3 is 0.532 bits per heavy atom. The molecule has 0 radical (unpaired) electrons. The first-order valence-corrected chi connectivity index (χ1v) is 31.7. The van der Waals surface area contributed by atoms with Crippen LogP contribution >= 0.6 is 15.8 Å². The minimum atomic E-state index is -1.12. The van der Waals surface area contributed by atoms with Crippen molar-refractivity contribution in [2.45, 2.75) is 0 Å². The Morgan fingerprint density at radius 1 is 0.266 bits per heavy atom. The van der Waals surface area contributed by atoms with E-state index in [1.165, 1.54) is 41.7 Å². The van der Waals surface area contributed by atoms with Crippen molar-refractivity contribution in [2.75, 3.05) is 0 Å². The fourth-order valence-corrected chi connectivity index (χ4v) is 14.5. The largest absolute Gasteiger partial charge is 2.00 e. The topological polar surface area (TPSA) is 272 Å². The summed E-state index contributed by atoms with van der Waals surface area (Å²) in [6.07, 6.45) is 22.1. The number of aromatic nitrogens is 12. The van der Waals surface area contributed by atoms with Crippen molar-refractivity contribution in [3.05, 3.63) is 396 Å². The summed E-state index contributed by atoms with van der Waals surface area (Å²) in [5, 5.41) is 50.7. The molecule has 0 unspecified atom stereocenters. The summed E-state index contributed by atoms with van der Waals surface area (Å²) in [4.78, 5) is 3.00. The monoisotopic (exact) mass is 1450 g/mol. The van der Waals surface area contributed by atoms with Gasteiger partial charge in [-0.15, -0.1) is 0 Å². The summed E-state index contributed by atoms with van der Waals surface area (Å²) >= 11 is 0. The fraction of sp³-hybridized carbons (Fsp3) is 0. The van der Waals surface area contributed by atoms with E-state index in [4.69, 9.17) is 32.6 Å². The Balaban J connectivity index is 0.000000204. The smallest absolute Gasteiger partial charge is 0.403 e. The third-order valence-corrected chi connectivity index (χ3v) is 18.7. The van der Waals surface area contributed by atoms with Gasteiger partial charge in [0.25, 0.3) is 0 Å². The Hall–Kier alpha value is -11.1. The molecular weight excluding hydrogens is 1380 g/mol. The van der Waals surface area contributed by atoms with E-state index in [-0.39, 0.29) is 39.0 Å². The van der Waals surface area contributed by atoms with Crippen LogP contribution in [0.4, 0.5) is 0 Å². The molecule has 6 aromatic heterocycles. The van der Waals surface area contributed by atoms with Gasteiger partial charge in [-0.2, -0.15) is 10.5 Å². The number of hydrogen-bond acceptors (Lipinski definition) is 8. The van der Waals surface area contributed by atoms with E-state index in [1.807, 2.05) is 150 Å². The van der Waals surface area contributed by atoms with Crippen LogP contribution in [0.2, 0.25) is 0 Å². The molecular formula is C68H62B2N20P2Ru2+2. The first-order valence-electron chi connectivity index (χ1n) is 28.7. The first-order chi connectivity index (χ1) is 45.5. The summed E-state index contributed by atoms with van der Waals surface area (Å²) in [6.45, 7) is 0. The molecule has 0 amide bonds. The van der Waals surface area contributed by atoms with Crippen LogP contribution in [0.5, 0.6) is 0 Å². The molecule has 8 aromatic carbocycles. The van der Waals surface area contributed by atoms with Crippen LogP contribution in [0.1, 0.15) is 11.1 Å². The second kappa shape index (κ2) is 43.5. The number of nitriles is 2. The van der Waals surface area contributed by atoms with Crippen molar-refractivity contribution in [1.82, 2.24) is 58.1 Å².